The van der Waals surface area contributed by atoms with Crippen LogP contribution in [0.2, 0.25) is 0 Å². The maximum absolute atomic E-state index is 3.34. The Bertz CT molecular complexity index is 476. The summed E-state index contributed by atoms with van der Waals surface area (Å²) in [5.74, 6) is 0. The highest BCUT2D eigenvalue weighted by Crippen LogP contribution is 2.15. The SMILES string of the molecule is CCNCc1ccc(CN(C)c2ccccc2)cc1. The molecule has 0 bridgehead atoms. The fourth-order valence-electron chi connectivity index (χ4n) is 2.08. The lowest BCUT2D eigenvalue weighted by Gasteiger charge is -2.19. The first kappa shape index (κ1) is 13.6. The second kappa shape index (κ2) is 6.95. The highest BCUT2D eigenvalue weighted by atomic mass is 15.1. The fraction of sp³-hybridized carbons (Fsp3) is 0.294. The number of hydrogen-bond donors (Lipinski definition) is 1. The molecule has 2 rings (SSSR count). The van der Waals surface area contributed by atoms with E-state index in [-0.39, 0.29) is 0 Å². The Balaban J connectivity index is 1.96. The van der Waals surface area contributed by atoms with Crippen LogP contribution in [0.1, 0.15) is 18.1 Å². The summed E-state index contributed by atoms with van der Waals surface area (Å²) in [7, 11) is 2.13. The average Bonchev–Trinajstić information content (AvgIpc) is 2.47. The van der Waals surface area contributed by atoms with Crippen molar-refractivity contribution in [1.29, 1.82) is 0 Å². The van der Waals surface area contributed by atoms with E-state index in [9.17, 15) is 0 Å². The van der Waals surface area contributed by atoms with E-state index in [1.54, 1.807) is 0 Å². The fourth-order valence-corrected chi connectivity index (χ4v) is 2.08. The van der Waals surface area contributed by atoms with Crippen LogP contribution in [0, 0.1) is 0 Å². The van der Waals surface area contributed by atoms with Crippen LogP contribution in [0.5, 0.6) is 0 Å². The molecule has 0 aliphatic heterocycles. The van der Waals surface area contributed by atoms with E-state index in [0.29, 0.717) is 0 Å². The molecule has 0 radical (unpaired) electrons. The zero-order chi connectivity index (χ0) is 13.5. The van der Waals surface area contributed by atoms with Crippen molar-refractivity contribution in [2.45, 2.75) is 20.0 Å². The standard InChI is InChI=1S/C17H22N2/c1-3-18-13-15-9-11-16(12-10-15)14-19(2)17-7-5-4-6-8-17/h4-12,18H,3,13-14H2,1-2H3. The maximum Gasteiger partial charge on any atom is 0.0426 e. The molecule has 2 aromatic rings. The van der Waals surface area contributed by atoms with E-state index in [2.05, 4.69) is 72.7 Å². The molecule has 19 heavy (non-hydrogen) atoms. The zero-order valence-corrected chi connectivity index (χ0v) is 11.8. The van der Waals surface area contributed by atoms with Gasteiger partial charge in [0.15, 0.2) is 0 Å². The Morgan fingerprint density at radius 2 is 1.53 bits per heavy atom. The number of hydrogen-bond acceptors (Lipinski definition) is 2. The Morgan fingerprint density at radius 1 is 0.895 bits per heavy atom. The molecule has 0 aliphatic rings. The molecule has 2 aromatic carbocycles. The molecule has 2 heteroatoms. The van der Waals surface area contributed by atoms with Crippen LogP contribution in [-0.2, 0) is 13.1 Å². The van der Waals surface area contributed by atoms with Crippen LogP contribution >= 0.6 is 0 Å². The number of para-hydroxylation sites is 1. The summed E-state index contributed by atoms with van der Waals surface area (Å²) >= 11 is 0. The molecule has 0 aromatic heterocycles. The molecular weight excluding hydrogens is 232 g/mol. The number of nitrogens with one attached hydrogen (secondary N) is 1. The van der Waals surface area contributed by atoms with Crippen molar-refractivity contribution in [2.75, 3.05) is 18.5 Å². The van der Waals surface area contributed by atoms with Crippen LogP contribution < -0.4 is 10.2 Å². The van der Waals surface area contributed by atoms with E-state index in [0.717, 1.165) is 19.6 Å². The van der Waals surface area contributed by atoms with Gasteiger partial charge < -0.3 is 10.2 Å². The number of benzene rings is 2. The lowest BCUT2D eigenvalue weighted by molar-refractivity contribution is 0.726. The van der Waals surface area contributed by atoms with Gasteiger partial charge in [-0.15, -0.1) is 0 Å². The van der Waals surface area contributed by atoms with Gasteiger partial charge in [-0.1, -0.05) is 49.4 Å². The van der Waals surface area contributed by atoms with Crippen molar-refractivity contribution in [1.82, 2.24) is 5.32 Å². The van der Waals surface area contributed by atoms with Crippen molar-refractivity contribution >= 4 is 5.69 Å². The van der Waals surface area contributed by atoms with Crippen LogP contribution in [0.15, 0.2) is 54.6 Å². The van der Waals surface area contributed by atoms with Gasteiger partial charge in [-0.2, -0.15) is 0 Å². The molecule has 100 valence electrons. The third-order valence-electron chi connectivity index (χ3n) is 3.22. The molecule has 1 N–H and O–H groups in total. The van der Waals surface area contributed by atoms with Crippen molar-refractivity contribution in [2.24, 2.45) is 0 Å². The molecule has 0 fully saturated rings. The maximum atomic E-state index is 3.34. The molecule has 2 nitrogen and oxygen atoms in total. The van der Waals surface area contributed by atoms with Gasteiger partial charge in [-0.3, -0.25) is 0 Å². The molecule has 0 atom stereocenters. The van der Waals surface area contributed by atoms with Crippen molar-refractivity contribution in [3.05, 3.63) is 65.7 Å². The van der Waals surface area contributed by atoms with Crippen molar-refractivity contribution < 1.29 is 0 Å². The first-order valence-corrected chi connectivity index (χ1v) is 6.84. The number of anilines is 1. The largest absolute Gasteiger partial charge is 0.370 e. The predicted octanol–water partition coefficient (Wildman–Crippen LogP) is 3.43. The van der Waals surface area contributed by atoms with E-state index < -0.39 is 0 Å². The first-order chi connectivity index (χ1) is 9.29. The Kier molecular flexibility index (Phi) is 4.99. The summed E-state index contributed by atoms with van der Waals surface area (Å²) in [6, 6.07) is 19.3. The van der Waals surface area contributed by atoms with Gasteiger partial charge in [0.1, 0.15) is 0 Å². The quantitative estimate of drug-likeness (QED) is 0.849. The summed E-state index contributed by atoms with van der Waals surface area (Å²) in [5.41, 5.74) is 3.93. The third-order valence-corrected chi connectivity index (χ3v) is 3.22. The Morgan fingerprint density at radius 3 is 2.16 bits per heavy atom. The minimum Gasteiger partial charge on any atom is -0.370 e. The molecule has 0 aliphatic carbocycles. The van der Waals surface area contributed by atoms with E-state index >= 15 is 0 Å². The van der Waals surface area contributed by atoms with Gasteiger partial charge in [0.2, 0.25) is 0 Å². The van der Waals surface area contributed by atoms with Crippen LogP contribution in [-0.4, -0.2) is 13.6 Å². The molecule has 0 amide bonds. The monoisotopic (exact) mass is 254 g/mol. The summed E-state index contributed by atoms with van der Waals surface area (Å²) in [6.45, 7) is 5.03. The predicted molar refractivity (Wildman–Crippen MR) is 82.4 cm³/mol. The van der Waals surface area contributed by atoms with Gasteiger partial charge >= 0.3 is 0 Å². The number of rotatable bonds is 6. The van der Waals surface area contributed by atoms with Gasteiger partial charge in [0, 0.05) is 25.8 Å². The summed E-state index contributed by atoms with van der Waals surface area (Å²) in [6.07, 6.45) is 0. The summed E-state index contributed by atoms with van der Waals surface area (Å²) in [4.78, 5) is 2.26. The zero-order valence-electron chi connectivity index (χ0n) is 11.8. The van der Waals surface area contributed by atoms with Crippen molar-refractivity contribution in [3.8, 4) is 0 Å². The van der Waals surface area contributed by atoms with Crippen molar-refractivity contribution in [3.63, 3.8) is 0 Å². The first-order valence-electron chi connectivity index (χ1n) is 6.84. The second-order valence-electron chi connectivity index (χ2n) is 4.79. The molecule has 0 spiro atoms. The lowest BCUT2D eigenvalue weighted by atomic mass is 10.1. The molecule has 0 heterocycles. The minimum absolute atomic E-state index is 0.936. The summed E-state index contributed by atoms with van der Waals surface area (Å²) in [5, 5.41) is 3.34. The topological polar surface area (TPSA) is 15.3 Å². The Labute approximate surface area is 116 Å². The van der Waals surface area contributed by atoms with E-state index in [1.807, 2.05) is 6.07 Å². The average molecular weight is 254 g/mol. The molecule has 0 unspecified atom stereocenters. The normalized spacial score (nSPS) is 10.4. The lowest BCUT2D eigenvalue weighted by Crippen LogP contribution is -2.16. The molecule has 0 saturated carbocycles. The van der Waals surface area contributed by atoms with Gasteiger partial charge in [0.05, 0.1) is 0 Å². The molecular formula is C17H22N2. The highest BCUT2D eigenvalue weighted by Gasteiger charge is 2.01. The van der Waals surface area contributed by atoms with Gasteiger partial charge in [-0.05, 0) is 29.8 Å². The van der Waals surface area contributed by atoms with Gasteiger partial charge in [-0.25, -0.2) is 0 Å². The van der Waals surface area contributed by atoms with E-state index in [1.165, 1.54) is 16.8 Å². The minimum atomic E-state index is 0.936. The number of nitrogens with zero attached hydrogens (tertiary/aromatic N) is 1. The Hall–Kier alpha value is -1.80. The third kappa shape index (κ3) is 4.11. The van der Waals surface area contributed by atoms with E-state index in [4.69, 9.17) is 0 Å². The highest BCUT2D eigenvalue weighted by molar-refractivity contribution is 5.45. The smallest absolute Gasteiger partial charge is 0.0426 e. The van der Waals surface area contributed by atoms with Crippen LogP contribution in [0.25, 0.3) is 0 Å². The summed E-state index contributed by atoms with van der Waals surface area (Å²) < 4.78 is 0. The van der Waals surface area contributed by atoms with Gasteiger partial charge in [0.25, 0.3) is 0 Å². The van der Waals surface area contributed by atoms with Crippen LogP contribution in [0.3, 0.4) is 0 Å². The second-order valence-corrected chi connectivity index (χ2v) is 4.79. The molecule has 0 saturated heterocycles. The van der Waals surface area contributed by atoms with Crippen LogP contribution in [0.4, 0.5) is 5.69 Å².